The van der Waals surface area contributed by atoms with Crippen LogP contribution in [0.2, 0.25) is 5.02 Å². The number of benzene rings is 1. The van der Waals surface area contributed by atoms with E-state index in [4.69, 9.17) is 11.6 Å². The predicted octanol–water partition coefficient (Wildman–Crippen LogP) is 4.30. The number of carbonyl (C=O) groups excluding carboxylic acids is 2. The summed E-state index contributed by atoms with van der Waals surface area (Å²) >= 11 is 5.92. The van der Waals surface area contributed by atoms with E-state index >= 15 is 0 Å². The van der Waals surface area contributed by atoms with Gasteiger partial charge < -0.3 is 14.8 Å². The maximum absolute atomic E-state index is 13.0. The summed E-state index contributed by atoms with van der Waals surface area (Å²) in [5, 5.41) is 3.45. The Morgan fingerprint density at radius 3 is 2.13 bits per heavy atom. The first kappa shape index (κ1) is 23.7. The Kier molecular flexibility index (Phi) is 7.84. The molecule has 0 fully saturated rings. The molecule has 2 amide bonds. The molecule has 0 spiro atoms. The SMILES string of the molecule is CC(C)CN(C)C(=O)c1cn(C(C)C)cc(C(=O)N[C@H](C)c2ccc(Cl)cc2)c1=O. The first-order valence-electron chi connectivity index (χ1n) is 10.1. The highest BCUT2D eigenvalue weighted by molar-refractivity contribution is 6.30. The normalized spacial score (nSPS) is 12.2. The van der Waals surface area contributed by atoms with Gasteiger partial charge in [0, 0.05) is 37.1 Å². The van der Waals surface area contributed by atoms with Crippen molar-refractivity contribution in [1.29, 1.82) is 0 Å². The monoisotopic (exact) mass is 431 g/mol. The average molecular weight is 432 g/mol. The molecule has 7 heteroatoms. The van der Waals surface area contributed by atoms with E-state index in [0.717, 1.165) is 5.56 Å². The van der Waals surface area contributed by atoms with Crippen LogP contribution in [0, 0.1) is 5.92 Å². The number of nitrogens with one attached hydrogen (secondary N) is 1. The van der Waals surface area contributed by atoms with Crippen LogP contribution in [-0.2, 0) is 0 Å². The van der Waals surface area contributed by atoms with Crippen molar-refractivity contribution >= 4 is 23.4 Å². The van der Waals surface area contributed by atoms with Crippen LogP contribution in [0.15, 0.2) is 41.5 Å². The summed E-state index contributed by atoms with van der Waals surface area (Å²) < 4.78 is 1.72. The molecule has 0 aliphatic heterocycles. The summed E-state index contributed by atoms with van der Waals surface area (Å²) in [5.74, 6) is -0.639. The fourth-order valence-corrected chi connectivity index (χ4v) is 3.28. The quantitative estimate of drug-likeness (QED) is 0.710. The Morgan fingerprint density at radius 2 is 1.60 bits per heavy atom. The molecule has 1 atom stereocenters. The summed E-state index contributed by atoms with van der Waals surface area (Å²) in [6.07, 6.45) is 3.04. The predicted molar refractivity (Wildman–Crippen MR) is 120 cm³/mol. The van der Waals surface area contributed by atoms with Crippen LogP contribution in [-0.4, -0.2) is 34.9 Å². The van der Waals surface area contributed by atoms with E-state index in [1.54, 1.807) is 23.7 Å². The molecule has 0 saturated carbocycles. The van der Waals surface area contributed by atoms with Crippen molar-refractivity contribution in [2.45, 2.75) is 46.7 Å². The molecule has 0 saturated heterocycles. The molecule has 1 aromatic carbocycles. The Morgan fingerprint density at radius 1 is 1.03 bits per heavy atom. The van der Waals surface area contributed by atoms with Gasteiger partial charge in [-0.1, -0.05) is 37.6 Å². The number of hydrogen-bond donors (Lipinski definition) is 1. The van der Waals surface area contributed by atoms with Crippen molar-refractivity contribution in [3.8, 4) is 0 Å². The van der Waals surface area contributed by atoms with Gasteiger partial charge >= 0.3 is 0 Å². The Bertz CT molecular complexity index is 965. The van der Waals surface area contributed by atoms with E-state index < -0.39 is 11.3 Å². The van der Waals surface area contributed by atoms with Gasteiger partial charge in [-0.2, -0.15) is 0 Å². The van der Waals surface area contributed by atoms with E-state index in [-0.39, 0.29) is 35.0 Å². The van der Waals surface area contributed by atoms with Crippen molar-refractivity contribution in [3.63, 3.8) is 0 Å². The molecule has 1 heterocycles. The molecular weight excluding hydrogens is 402 g/mol. The van der Waals surface area contributed by atoms with E-state index in [9.17, 15) is 14.4 Å². The lowest BCUT2D eigenvalue weighted by Crippen LogP contribution is -2.38. The van der Waals surface area contributed by atoms with Crippen LogP contribution in [0.5, 0.6) is 0 Å². The largest absolute Gasteiger partial charge is 0.350 e. The van der Waals surface area contributed by atoms with Gasteiger partial charge in [0.15, 0.2) is 0 Å². The smallest absolute Gasteiger partial charge is 0.259 e. The Hall–Kier alpha value is -2.60. The van der Waals surface area contributed by atoms with Crippen LogP contribution < -0.4 is 10.7 Å². The third-order valence-corrected chi connectivity index (χ3v) is 5.07. The number of carbonyl (C=O) groups is 2. The number of rotatable bonds is 7. The van der Waals surface area contributed by atoms with Crippen molar-refractivity contribution in [2.75, 3.05) is 13.6 Å². The van der Waals surface area contributed by atoms with E-state index in [1.807, 2.05) is 46.8 Å². The fraction of sp³-hybridized carbons (Fsp3) is 0.435. The summed E-state index contributed by atoms with van der Waals surface area (Å²) in [6.45, 7) is 10.2. The number of aromatic nitrogens is 1. The molecule has 2 rings (SSSR count). The standard InChI is InChI=1S/C23H30ClN3O3/c1-14(2)11-26(6)23(30)20-13-27(15(3)4)12-19(21(20)28)22(29)25-16(5)17-7-9-18(24)10-8-17/h7-10,12-16H,11H2,1-6H3,(H,25,29)/t16-/m1/s1. The van der Waals surface area contributed by atoms with Crippen LogP contribution in [0.3, 0.4) is 0 Å². The van der Waals surface area contributed by atoms with Gasteiger partial charge in [-0.25, -0.2) is 0 Å². The summed E-state index contributed by atoms with van der Waals surface area (Å²) in [7, 11) is 1.66. The van der Waals surface area contributed by atoms with Gasteiger partial charge in [0.25, 0.3) is 11.8 Å². The summed E-state index contributed by atoms with van der Waals surface area (Å²) in [5.41, 5.74) is 0.251. The molecule has 0 unspecified atom stereocenters. The van der Waals surface area contributed by atoms with Gasteiger partial charge in [0.05, 0.1) is 6.04 Å². The van der Waals surface area contributed by atoms with Gasteiger partial charge in [0.2, 0.25) is 5.43 Å². The third kappa shape index (κ3) is 5.72. The van der Waals surface area contributed by atoms with Gasteiger partial charge in [-0.3, -0.25) is 14.4 Å². The summed E-state index contributed by atoms with van der Waals surface area (Å²) in [6, 6.07) is 6.78. The molecule has 1 N–H and O–H groups in total. The van der Waals surface area contributed by atoms with Crippen LogP contribution in [0.1, 0.15) is 73.0 Å². The van der Waals surface area contributed by atoms with E-state index in [1.165, 1.54) is 17.3 Å². The highest BCUT2D eigenvalue weighted by Crippen LogP contribution is 2.17. The molecule has 2 aromatic rings. The highest BCUT2D eigenvalue weighted by Gasteiger charge is 2.23. The first-order chi connectivity index (χ1) is 14.0. The zero-order valence-electron chi connectivity index (χ0n) is 18.4. The number of nitrogens with zero attached hydrogens (tertiary/aromatic N) is 2. The van der Waals surface area contributed by atoms with Gasteiger partial charge in [-0.05, 0) is 44.4 Å². The van der Waals surface area contributed by atoms with E-state index in [2.05, 4.69) is 5.32 Å². The van der Waals surface area contributed by atoms with Crippen LogP contribution >= 0.6 is 11.6 Å². The lowest BCUT2D eigenvalue weighted by atomic mass is 10.1. The number of halogens is 1. The second-order valence-electron chi connectivity index (χ2n) is 8.28. The lowest BCUT2D eigenvalue weighted by Gasteiger charge is -2.21. The number of pyridine rings is 1. The molecule has 0 bridgehead atoms. The average Bonchev–Trinajstić information content (AvgIpc) is 2.67. The molecule has 30 heavy (non-hydrogen) atoms. The van der Waals surface area contributed by atoms with Crippen molar-refractivity contribution in [2.24, 2.45) is 5.92 Å². The molecule has 0 radical (unpaired) electrons. The topological polar surface area (TPSA) is 71.4 Å². The maximum atomic E-state index is 13.0. The molecule has 1 aromatic heterocycles. The van der Waals surface area contributed by atoms with E-state index in [0.29, 0.717) is 11.6 Å². The van der Waals surface area contributed by atoms with Gasteiger partial charge in [0.1, 0.15) is 11.1 Å². The highest BCUT2D eigenvalue weighted by atomic mass is 35.5. The molecule has 0 aliphatic carbocycles. The maximum Gasteiger partial charge on any atom is 0.259 e. The molecule has 6 nitrogen and oxygen atoms in total. The minimum Gasteiger partial charge on any atom is -0.350 e. The minimum absolute atomic E-state index is 0.00125. The van der Waals surface area contributed by atoms with Crippen molar-refractivity contribution in [1.82, 2.24) is 14.8 Å². The van der Waals surface area contributed by atoms with Crippen molar-refractivity contribution in [3.05, 3.63) is 68.6 Å². The first-order valence-corrected chi connectivity index (χ1v) is 10.5. The van der Waals surface area contributed by atoms with Crippen molar-refractivity contribution < 1.29 is 9.59 Å². The van der Waals surface area contributed by atoms with Crippen LogP contribution in [0.4, 0.5) is 0 Å². The van der Waals surface area contributed by atoms with Crippen LogP contribution in [0.25, 0.3) is 0 Å². The fourth-order valence-electron chi connectivity index (χ4n) is 3.16. The second kappa shape index (κ2) is 9.94. The third-order valence-electron chi connectivity index (χ3n) is 4.82. The van der Waals surface area contributed by atoms with Gasteiger partial charge in [-0.15, -0.1) is 0 Å². The number of amides is 2. The second-order valence-corrected chi connectivity index (χ2v) is 8.72. The molecule has 0 aliphatic rings. The zero-order valence-corrected chi connectivity index (χ0v) is 19.2. The Balaban J connectivity index is 2.39. The zero-order chi connectivity index (χ0) is 22.6. The molecular formula is C23H30ClN3O3. The number of hydrogen-bond acceptors (Lipinski definition) is 3. The Labute approximate surface area is 182 Å². The molecule has 162 valence electrons. The summed E-state index contributed by atoms with van der Waals surface area (Å²) in [4.78, 5) is 40.4. The lowest BCUT2D eigenvalue weighted by molar-refractivity contribution is 0.0777. The minimum atomic E-state index is -0.562.